The van der Waals surface area contributed by atoms with Gasteiger partial charge in [-0.2, -0.15) is 0 Å². The van der Waals surface area contributed by atoms with E-state index in [1.54, 1.807) is 0 Å². The number of nitro groups is 6. The Morgan fingerprint density at radius 2 is 0.688 bits per heavy atom. The third-order valence-electron chi connectivity index (χ3n) is 3.62. The molecule has 162 valence electrons. The molecule has 19 nitrogen and oxygen atoms in total. The molecule has 0 atom stereocenters. The van der Waals surface area contributed by atoms with E-state index in [2.05, 4.69) is 0 Å². The molecule has 0 fully saturated rings. The molecule has 0 radical (unpaired) electrons. The van der Waals surface area contributed by atoms with E-state index in [4.69, 9.17) is 0 Å². The third-order valence-corrected chi connectivity index (χ3v) is 3.62. The summed E-state index contributed by atoms with van der Waals surface area (Å²) in [5.74, 6) is 0. The Kier molecular flexibility index (Phi) is 8.27. The minimum absolute atomic E-state index is 0. The number of hydrogen-bond donors (Lipinski definition) is 1. The van der Waals surface area contributed by atoms with E-state index in [0.29, 0.717) is 24.3 Å². The molecule has 2 aromatic carbocycles. The van der Waals surface area contributed by atoms with Crippen LogP contribution in [0.15, 0.2) is 24.3 Å². The number of rotatable bonds is 8. The molecule has 0 saturated heterocycles. The van der Waals surface area contributed by atoms with Crippen LogP contribution < -0.4 is 5.32 Å². The van der Waals surface area contributed by atoms with E-state index in [0.717, 1.165) is 0 Å². The predicted molar refractivity (Wildman–Crippen MR) is 103 cm³/mol. The number of benzene rings is 2. The van der Waals surface area contributed by atoms with Crippen molar-refractivity contribution in [1.82, 2.24) is 0 Å². The average molecular weight is 479 g/mol. The van der Waals surface area contributed by atoms with Crippen molar-refractivity contribution in [2.75, 3.05) is 5.32 Å². The first-order valence-corrected chi connectivity index (χ1v) is 7.34. The summed E-state index contributed by atoms with van der Waals surface area (Å²) in [5, 5.41) is 68.9. The molecular weight excluding hydrogens is 473 g/mol. The summed E-state index contributed by atoms with van der Waals surface area (Å²) in [7, 11) is 0. The Labute approximate surface area is 215 Å². The first-order chi connectivity index (χ1) is 14.3. The molecule has 0 bridgehead atoms. The van der Waals surface area contributed by atoms with Crippen molar-refractivity contribution < 1.29 is 29.5 Å². The normalized spacial score (nSPS) is 9.88. The van der Waals surface area contributed by atoms with E-state index in [9.17, 15) is 60.7 Å². The predicted octanol–water partition coefficient (Wildman–Crippen LogP) is 2.23. The van der Waals surface area contributed by atoms with Crippen molar-refractivity contribution in [3.8, 4) is 0 Å². The van der Waals surface area contributed by atoms with Crippen LogP contribution in [0.3, 0.4) is 0 Å². The van der Waals surface area contributed by atoms with Gasteiger partial charge in [0.15, 0.2) is 11.4 Å². The molecule has 0 amide bonds. The summed E-state index contributed by atoms with van der Waals surface area (Å²) in [4.78, 5) is 59.5. The number of anilines is 2. The van der Waals surface area contributed by atoms with Gasteiger partial charge >= 0.3 is 74.1 Å². The van der Waals surface area contributed by atoms with Crippen molar-refractivity contribution in [3.63, 3.8) is 0 Å². The number of nitro benzene ring substituents is 6. The van der Waals surface area contributed by atoms with E-state index in [1.165, 1.54) is 0 Å². The fraction of sp³-hybridized carbons (Fsp3) is 0. The van der Waals surface area contributed by atoms with Crippen LogP contribution >= 0.6 is 0 Å². The summed E-state index contributed by atoms with van der Waals surface area (Å²) in [6.07, 6.45) is 0. The van der Waals surface area contributed by atoms with Gasteiger partial charge in [-0.25, -0.2) is 0 Å². The van der Waals surface area contributed by atoms with Crippen LogP contribution in [-0.4, -0.2) is 80.9 Å². The van der Waals surface area contributed by atoms with Crippen LogP contribution in [0.2, 0.25) is 0 Å². The molecule has 20 heteroatoms. The van der Waals surface area contributed by atoms with E-state index in [-0.39, 0.29) is 51.4 Å². The molecule has 0 spiro atoms. The fourth-order valence-corrected chi connectivity index (χ4v) is 2.36. The maximum atomic E-state index is 11.3. The topological polar surface area (TPSA) is 271 Å². The molecule has 32 heavy (non-hydrogen) atoms. The molecule has 2 aromatic rings. The Balaban J connectivity index is 0.00000512. The average Bonchev–Trinajstić information content (AvgIpc) is 2.66. The fourth-order valence-electron chi connectivity index (χ4n) is 2.36. The van der Waals surface area contributed by atoms with E-state index < -0.39 is 75.0 Å². The third kappa shape index (κ3) is 5.30. The molecule has 0 unspecified atom stereocenters. The van der Waals surface area contributed by atoms with Crippen molar-refractivity contribution >= 4 is 96.9 Å². The van der Waals surface area contributed by atoms with Crippen LogP contribution in [0.4, 0.5) is 45.5 Å². The zero-order chi connectivity index (χ0) is 23.6. The number of hydrogen-bond acceptors (Lipinski definition) is 13. The zero-order valence-electron chi connectivity index (χ0n) is 14.4. The van der Waals surface area contributed by atoms with E-state index >= 15 is 0 Å². The standard InChI is InChI=1S/C12H5N7O12.K.H/c20-14(21)5-1-7(16(24)25)11(8(2-5)17(26)27)13-12-9(18(28)29)3-6(15(22)23)4-10(12)19(30)31;;/h1-4,13H;;. The molecule has 0 saturated carbocycles. The van der Waals surface area contributed by atoms with Crippen LogP contribution in [0.25, 0.3) is 0 Å². The molecule has 0 aliphatic rings. The Bertz CT molecular complexity index is 1040. The summed E-state index contributed by atoms with van der Waals surface area (Å²) in [6.45, 7) is 0. The van der Waals surface area contributed by atoms with Gasteiger partial charge in [0, 0.05) is 0 Å². The molecule has 0 aliphatic heterocycles. The second kappa shape index (κ2) is 10.1. The van der Waals surface area contributed by atoms with Crippen LogP contribution in [0.5, 0.6) is 0 Å². The van der Waals surface area contributed by atoms with Crippen molar-refractivity contribution in [1.29, 1.82) is 0 Å². The summed E-state index contributed by atoms with van der Waals surface area (Å²) < 4.78 is 0. The summed E-state index contributed by atoms with van der Waals surface area (Å²) in [5.41, 5.74) is -9.66. The van der Waals surface area contributed by atoms with Gasteiger partial charge in [0.1, 0.15) is 0 Å². The van der Waals surface area contributed by atoms with Gasteiger partial charge in [-0.3, -0.25) is 60.7 Å². The Hall–Kier alpha value is -3.72. The molecular formula is C12H6KN7O12. The first kappa shape index (κ1) is 26.3. The molecule has 0 aromatic heterocycles. The van der Waals surface area contributed by atoms with Crippen LogP contribution in [0.1, 0.15) is 0 Å². The maximum absolute atomic E-state index is 11.3. The van der Waals surface area contributed by atoms with Gasteiger partial charge in [-0.15, -0.1) is 0 Å². The second-order valence-corrected chi connectivity index (χ2v) is 5.39. The molecule has 2 rings (SSSR count). The summed E-state index contributed by atoms with van der Waals surface area (Å²) in [6, 6.07) is 1.16. The SMILES string of the molecule is O=[N+]([O-])c1cc([N+](=O)[O-])c(Nc2c([N+](=O)[O-])cc([N+](=O)[O-])cc2[N+](=O)[O-])c([N+](=O)[O-])c1.[KH]. The van der Waals surface area contributed by atoms with Gasteiger partial charge in [-0.05, 0) is 0 Å². The Morgan fingerprint density at radius 3 is 0.844 bits per heavy atom. The van der Waals surface area contributed by atoms with Gasteiger partial charge in [-0.1, -0.05) is 0 Å². The second-order valence-electron chi connectivity index (χ2n) is 5.39. The zero-order valence-corrected chi connectivity index (χ0v) is 14.4. The van der Waals surface area contributed by atoms with Gasteiger partial charge in [0.2, 0.25) is 0 Å². The quantitative estimate of drug-likeness (QED) is 0.323. The van der Waals surface area contributed by atoms with Gasteiger partial charge in [0.05, 0.1) is 53.8 Å². The number of non-ortho nitro benzene ring substituents is 2. The van der Waals surface area contributed by atoms with Crippen LogP contribution in [0, 0.1) is 60.7 Å². The van der Waals surface area contributed by atoms with Crippen LogP contribution in [-0.2, 0) is 0 Å². The number of nitrogens with zero attached hydrogens (tertiary/aromatic N) is 6. The summed E-state index contributed by atoms with van der Waals surface area (Å²) >= 11 is 0. The monoisotopic (exact) mass is 479 g/mol. The van der Waals surface area contributed by atoms with Crippen molar-refractivity contribution in [2.45, 2.75) is 0 Å². The molecule has 0 heterocycles. The van der Waals surface area contributed by atoms with Crippen molar-refractivity contribution in [2.24, 2.45) is 0 Å². The van der Waals surface area contributed by atoms with Crippen molar-refractivity contribution in [3.05, 3.63) is 85.0 Å². The molecule has 0 aliphatic carbocycles. The number of nitrogens with one attached hydrogen (secondary N) is 1. The van der Waals surface area contributed by atoms with Gasteiger partial charge in [0.25, 0.3) is 11.4 Å². The first-order valence-electron chi connectivity index (χ1n) is 7.34. The van der Waals surface area contributed by atoms with E-state index in [1.807, 2.05) is 5.32 Å². The molecule has 1 N–H and O–H groups in total. The minimum atomic E-state index is -1.30. The Morgan fingerprint density at radius 1 is 0.469 bits per heavy atom. The van der Waals surface area contributed by atoms with Gasteiger partial charge < -0.3 is 5.32 Å².